The maximum atomic E-state index is 14.6. The number of aryl methyl sites for hydroxylation is 2. The monoisotopic (exact) mass is 559 g/mol. The number of anilines is 1. The Morgan fingerprint density at radius 3 is 2.45 bits per heavy atom. The molecule has 6 rings (SSSR count). The van der Waals surface area contributed by atoms with Crippen molar-refractivity contribution >= 4 is 16.6 Å². The topological polar surface area (TPSA) is 37.2 Å². The number of piperidine rings is 1. The molecule has 0 saturated carbocycles. The molecular formula is C36H38FN5. The minimum absolute atomic E-state index is 0.0731. The van der Waals surface area contributed by atoms with Crippen LogP contribution in [0.15, 0.2) is 103 Å². The molecule has 1 fully saturated rings. The van der Waals surface area contributed by atoms with Gasteiger partial charge in [-0.05, 0) is 81.2 Å². The van der Waals surface area contributed by atoms with E-state index in [9.17, 15) is 4.39 Å². The summed E-state index contributed by atoms with van der Waals surface area (Å²) in [5, 5.41) is 5.73. The lowest BCUT2D eigenvalue weighted by molar-refractivity contribution is 0.190. The third kappa shape index (κ3) is 5.35. The summed E-state index contributed by atoms with van der Waals surface area (Å²) < 4.78 is 16.6. The molecule has 0 aliphatic carbocycles. The minimum atomic E-state index is -0.248. The second-order valence-corrected chi connectivity index (χ2v) is 11.4. The first-order chi connectivity index (χ1) is 20.4. The lowest BCUT2D eigenvalue weighted by Crippen LogP contribution is -2.38. The van der Waals surface area contributed by atoms with Gasteiger partial charge in [0.05, 0.1) is 17.3 Å². The summed E-state index contributed by atoms with van der Waals surface area (Å²) in [6, 6.07) is 27.9. The van der Waals surface area contributed by atoms with Crippen molar-refractivity contribution in [1.29, 1.82) is 0 Å². The molecular weight excluding hydrogens is 521 g/mol. The molecule has 0 radical (unpaired) electrons. The van der Waals surface area contributed by atoms with E-state index in [-0.39, 0.29) is 11.9 Å². The van der Waals surface area contributed by atoms with E-state index in [0.29, 0.717) is 17.2 Å². The molecule has 5 aromatic rings. The van der Waals surface area contributed by atoms with Crippen molar-refractivity contribution in [1.82, 2.24) is 19.7 Å². The van der Waals surface area contributed by atoms with Gasteiger partial charge >= 0.3 is 0 Å². The molecule has 1 aliphatic rings. The number of nitrogens with zero attached hydrogens (tertiary/aromatic N) is 5. The van der Waals surface area contributed by atoms with Crippen molar-refractivity contribution in [2.75, 3.05) is 18.0 Å². The van der Waals surface area contributed by atoms with Crippen molar-refractivity contribution in [3.63, 3.8) is 0 Å². The lowest BCUT2D eigenvalue weighted by atomic mass is 9.91. The zero-order valence-corrected chi connectivity index (χ0v) is 24.7. The highest BCUT2D eigenvalue weighted by Gasteiger charge is 2.29. The van der Waals surface area contributed by atoms with Gasteiger partial charge in [-0.3, -0.25) is 14.6 Å². The summed E-state index contributed by atoms with van der Waals surface area (Å²) in [6.45, 7) is 11.9. The van der Waals surface area contributed by atoms with Gasteiger partial charge in [0, 0.05) is 48.0 Å². The molecule has 0 spiro atoms. The molecule has 5 nitrogen and oxygen atoms in total. The smallest absolute Gasteiger partial charge is 0.132 e. The molecule has 42 heavy (non-hydrogen) atoms. The van der Waals surface area contributed by atoms with Crippen LogP contribution < -0.4 is 4.90 Å². The van der Waals surface area contributed by atoms with Crippen LogP contribution in [0.2, 0.25) is 0 Å². The predicted molar refractivity (Wildman–Crippen MR) is 170 cm³/mol. The number of hydrogen-bond donors (Lipinski definition) is 0. The molecule has 0 N–H and O–H groups in total. The number of likely N-dealkylation sites (tertiary alicyclic amines) is 1. The Bertz CT molecular complexity index is 1700. The van der Waals surface area contributed by atoms with Gasteiger partial charge in [0.2, 0.25) is 0 Å². The Morgan fingerprint density at radius 1 is 0.976 bits per heavy atom. The van der Waals surface area contributed by atoms with Crippen LogP contribution in [0.3, 0.4) is 0 Å². The number of para-hydroxylation sites is 2. The molecule has 1 unspecified atom stereocenters. The van der Waals surface area contributed by atoms with Gasteiger partial charge in [-0.15, -0.1) is 0 Å². The van der Waals surface area contributed by atoms with Crippen LogP contribution in [0.5, 0.6) is 0 Å². The predicted octanol–water partition coefficient (Wildman–Crippen LogP) is 8.08. The summed E-state index contributed by atoms with van der Waals surface area (Å²) in [5.74, 6) is 0.134. The SMILES string of the molecule is C=C(C1CCN(Cc2cccc3c(-c4ccccc4F)nn(C)c23)CC1)N(c1ccccc1C)C(C)c1ccccn1. The molecule has 3 heterocycles. The Hall–Kier alpha value is -4.29. The maximum absolute atomic E-state index is 14.6. The Labute approximate surface area is 247 Å². The summed E-state index contributed by atoms with van der Waals surface area (Å²) in [7, 11) is 1.95. The van der Waals surface area contributed by atoms with E-state index in [4.69, 9.17) is 5.10 Å². The second kappa shape index (κ2) is 11.9. The van der Waals surface area contributed by atoms with Crippen LogP contribution in [-0.4, -0.2) is 32.8 Å². The van der Waals surface area contributed by atoms with Gasteiger partial charge in [-0.1, -0.05) is 61.2 Å². The van der Waals surface area contributed by atoms with E-state index in [1.54, 1.807) is 12.1 Å². The van der Waals surface area contributed by atoms with Gasteiger partial charge < -0.3 is 4.90 Å². The molecule has 0 bridgehead atoms. The number of rotatable bonds is 8. The van der Waals surface area contributed by atoms with Gasteiger partial charge in [-0.2, -0.15) is 5.10 Å². The summed E-state index contributed by atoms with van der Waals surface area (Å²) in [5.41, 5.74) is 8.14. The van der Waals surface area contributed by atoms with Gasteiger partial charge in [-0.25, -0.2) is 4.39 Å². The van der Waals surface area contributed by atoms with Crippen LogP contribution in [0.1, 0.15) is 42.6 Å². The normalized spacial score (nSPS) is 15.1. The highest BCUT2D eigenvalue weighted by atomic mass is 19.1. The first kappa shape index (κ1) is 27.9. The highest BCUT2D eigenvalue weighted by Crippen LogP contribution is 2.38. The highest BCUT2D eigenvalue weighted by molar-refractivity contribution is 5.95. The van der Waals surface area contributed by atoms with E-state index in [2.05, 4.69) is 83.7 Å². The second-order valence-electron chi connectivity index (χ2n) is 11.4. The van der Waals surface area contributed by atoms with Crippen molar-refractivity contribution in [3.8, 4) is 11.3 Å². The fraction of sp³-hybridized carbons (Fsp3) is 0.278. The molecule has 1 aliphatic heterocycles. The fourth-order valence-corrected chi connectivity index (χ4v) is 6.46. The largest absolute Gasteiger partial charge is 0.336 e. The minimum Gasteiger partial charge on any atom is -0.336 e. The zero-order valence-electron chi connectivity index (χ0n) is 24.7. The third-order valence-corrected chi connectivity index (χ3v) is 8.72. The standard InChI is InChI=1S/C36H38FN5/c1-25-12-5-8-18-34(25)42(27(3)33-17-9-10-21-38-33)26(2)28-19-22-41(23-20-28)24-29-13-11-15-31-35(39-40(4)36(29)31)30-14-6-7-16-32(30)37/h5-18,21,27-28H,2,19-20,22-24H2,1,3-4H3. The summed E-state index contributed by atoms with van der Waals surface area (Å²) >= 11 is 0. The van der Waals surface area contributed by atoms with Crippen molar-refractivity contribution in [3.05, 3.63) is 126 Å². The van der Waals surface area contributed by atoms with E-state index < -0.39 is 0 Å². The van der Waals surface area contributed by atoms with Gasteiger partial charge in [0.15, 0.2) is 0 Å². The quantitative estimate of drug-likeness (QED) is 0.193. The lowest BCUT2D eigenvalue weighted by Gasteiger charge is -2.40. The first-order valence-corrected chi connectivity index (χ1v) is 14.8. The van der Waals surface area contributed by atoms with E-state index in [0.717, 1.165) is 54.8 Å². The molecule has 2 aromatic heterocycles. The molecule has 6 heteroatoms. The zero-order chi connectivity index (χ0) is 29.2. The fourth-order valence-electron chi connectivity index (χ4n) is 6.46. The number of aromatic nitrogens is 3. The number of pyridine rings is 1. The number of benzene rings is 3. The summed E-state index contributed by atoms with van der Waals surface area (Å²) in [6.07, 6.45) is 3.95. The Morgan fingerprint density at radius 2 is 1.71 bits per heavy atom. The van der Waals surface area contributed by atoms with Crippen molar-refractivity contribution in [2.45, 2.75) is 39.3 Å². The number of halogens is 1. The first-order valence-electron chi connectivity index (χ1n) is 14.8. The molecule has 0 amide bonds. The number of hydrogen-bond acceptors (Lipinski definition) is 4. The molecule has 214 valence electrons. The maximum Gasteiger partial charge on any atom is 0.132 e. The van der Waals surface area contributed by atoms with E-state index in [1.165, 1.54) is 22.9 Å². The molecule has 3 aromatic carbocycles. The van der Waals surface area contributed by atoms with Crippen LogP contribution in [-0.2, 0) is 13.6 Å². The van der Waals surface area contributed by atoms with Crippen LogP contribution in [0.4, 0.5) is 10.1 Å². The average molecular weight is 560 g/mol. The molecule has 1 saturated heterocycles. The number of fused-ring (bicyclic) bond motifs is 1. The van der Waals surface area contributed by atoms with Crippen molar-refractivity contribution in [2.24, 2.45) is 13.0 Å². The summed E-state index contributed by atoms with van der Waals surface area (Å²) in [4.78, 5) is 9.60. The van der Waals surface area contributed by atoms with Gasteiger partial charge in [0.25, 0.3) is 0 Å². The molecule has 1 atom stereocenters. The average Bonchev–Trinajstić information content (AvgIpc) is 3.36. The number of allylic oxidation sites excluding steroid dienone is 1. The van der Waals surface area contributed by atoms with Crippen LogP contribution in [0.25, 0.3) is 22.2 Å². The Balaban J connectivity index is 1.20. The van der Waals surface area contributed by atoms with Crippen LogP contribution >= 0.6 is 0 Å². The Kier molecular flexibility index (Phi) is 7.90. The van der Waals surface area contributed by atoms with E-state index >= 15 is 0 Å². The van der Waals surface area contributed by atoms with Gasteiger partial charge in [0.1, 0.15) is 11.5 Å². The van der Waals surface area contributed by atoms with Crippen LogP contribution in [0, 0.1) is 18.7 Å². The van der Waals surface area contributed by atoms with E-state index in [1.807, 2.05) is 36.1 Å². The van der Waals surface area contributed by atoms with Crippen molar-refractivity contribution < 1.29 is 4.39 Å². The third-order valence-electron chi connectivity index (χ3n) is 8.72.